The van der Waals surface area contributed by atoms with Gasteiger partial charge in [-0.05, 0) is 38.2 Å². The van der Waals surface area contributed by atoms with Gasteiger partial charge in [0.05, 0.1) is 13.2 Å². The van der Waals surface area contributed by atoms with Crippen LogP contribution in [0.4, 0.5) is 4.79 Å². The van der Waals surface area contributed by atoms with Gasteiger partial charge in [-0.15, -0.1) is 5.10 Å². The second kappa shape index (κ2) is 8.75. The van der Waals surface area contributed by atoms with E-state index in [2.05, 4.69) is 34.3 Å². The number of tetrazole rings is 1. The van der Waals surface area contributed by atoms with E-state index in [0.29, 0.717) is 51.2 Å². The molecule has 0 saturated carbocycles. The number of hydrogen-bond acceptors (Lipinski definition) is 7. The van der Waals surface area contributed by atoms with Crippen LogP contribution in [0.15, 0.2) is 0 Å². The zero-order valence-electron chi connectivity index (χ0n) is 15.4. The first-order valence-corrected chi connectivity index (χ1v) is 8.57. The van der Waals surface area contributed by atoms with Crippen molar-refractivity contribution >= 4 is 12.0 Å². The molecule has 25 heavy (non-hydrogen) atoms. The molecule has 2 heterocycles. The molecule has 1 aromatic heterocycles. The van der Waals surface area contributed by atoms with E-state index in [0.717, 1.165) is 0 Å². The lowest BCUT2D eigenvalue weighted by Gasteiger charge is -2.34. The average molecular weight is 353 g/mol. The van der Waals surface area contributed by atoms with Gasteiger partial charge in [0.1, 0.15) is 6.54 Å². The molecule has 1 aromatic rings. The lowest BCUT2D eigenvalue weighted by Crippen LogP contribution is -2.51. The fourth-order valence-corrected chi connectivity index (χ4v) is 2.45. The molecule has 0 N–H and O–H groups in total. The maximum Gasteiger partial charge on any atom is 0.409 e. The molecule has 1 aliphatic rings. The first-order valence-electron chi connectivity index (χ1n) is 8.57. The number of amides is 2. The number of hydrogen-bond donors (Lipinski definition) is 0. The van der Waals surface area contributed by atoms with E-state index < -0.39 is 0 Å². The summed E-state index contributed by atoms with van der Waals surface area (Å²) in [6.45, 7) is 8.91. The quantitative estimate of drug-likeness (QED) is 0.699. The molecular formula is C15H27N7O3. The Morgan fingerprint density at radius 1 is 1.20 bits per heavy atom. The molecule has 0 bridgehead atoms. The van der Waals surface area contributed by atoms with Gasteiger partial charge in [-0.2, -0.15) is 0 Å². The van der Waals surface area contributed by atoms with Crippen molar-refractivity contribution in [2.45, 2.75) is 39.9 Å². The summed E-state index contributed by atoms with van der Waals surface area (Å²) in [5, 5.41) is 11.6. The minimum atomic E-state index is -0.325. The maximum absolute atomic E-state index is 12.5. The molecule has 0 radical (unpaired) electrons. The molecule has 2 rings (SSSR count). The highest BCUT2D eigenvalue weighted by molar-refractivity contribution is 5.76. The predicted molar refractivity (Wildman–Crippen MR) is 89.6 cm³/mol. The fourth-order valence-electron chi connectivity index (χ4n) is 2.45. The molecule has 140 valence electrons. The van der Waals surface area contributed by atoms with E-state index in [1.54, 1.807) is 21.4 Å². The van der Waals surface area contributed by atoms with Crippen LogP contribution in [0, 0.1) is 0 Å². The smallest absolute Gasteiger partial charge is 0.409 e. The fraction of sp³-hybridized carbons (Fsp3) is 0.800. The first kappa shape index (κ1) is 19.1. The maximum atomic E-state index is 12.5. The third kappa shape index (κ3) is 5.12. The van der Waals surface area contributed by atoms with Gasteiger partial charge in [-0.25, -0.2) is 9.48 Å². The summed E-state index contributed by atoms with van der Waals surface area (Å²) in [7, 11) is 1.99. The van der Waals surface area contributed by atoms with Gasteiger partial charge in [-0.3, -0.25) is 9.69 Å². The number of carbonyl (C=O) groups excluding carboxylic acids is 2. The van der Waals surface area contributed by atoms with E-state index in [1.807, 2.05) is 7.05 Å². The Balaban J connectivity index is 1.87. The van der Waals surface area contributed by atoms with Gasteiger partial charge in [-0.1, -0.05) is 0 Å². The van der Waals surface area contributed by atoms with Crippen molar-refractivity contribution in [1.82, 2.24) is 34.9 Å². The van der Waals surface area contributed by atoms with Crippen LogP contribution in [0.2, 0.25) is 0 Å². The highest BCUT2D eigenvalue weighted by Gasteiger charge is 2.25. The number of nitrogens with zero attached hydrogens (tertiary/aromatic N) is 7. The van der Waals surface area contributed by atoms with E-state index in [4.69, 9.17) is 4.74 Å². The van der Waals surface area contributed by atoms with Gasteiger partial charge < -0.3 is 14.5 Å². The van der Waals surface area contributed by atoms with Gasteiger partial charge in [0, 0.05) is 32.2 Å². The summed E-state index contributed by atoms with van der Waals surface area (Å²) < 4.78 is 6.52. The third-order valence-electron chi connectivity index (χ3n) is 4.32. The van der Waals surface area contributed by atoms with Crippen LogP contribution in [-0.2, 0) is 22.6 Å². The van der Waals surface area contributed by atoms with Crippen LogP contribution in [-0.4, -0.2) is 92.8 Å². The molecule has 10 nitrogen and oxygen atoms in total. The molecule has 1 aliphatic heterocycles. The lowest BCUT2D eigenvalue weighted by molar-refractivity contribution is -0.133. The average Bonchev–Trinajstić information content (AvgIpc) is 3.01. The Labute approximate surface area is 147 Å². The SMILES string of the molecule is CCOC(=O)N1CCN(C(=O)Cn2nnnc2CN(C)C(C)C)CC1. The van der Waals surface area contributed by atoms with Crippen molar-refractivity contribution in [3.05, 3.63) is 5.82 Å². The van der Waals surface area contributed by atoms with E-state index in [1.165, 1.54) is 0 Å². The van der Waals surface area contributed by atoms with Crippen molar-refractivity contribution in [2.75, 3.05) is 39.8 Å². The molecular weight excluding hydrogens is 326 g/mol. The summed E-state index contributed by atoms with van der Waals surface area (Å²) in [6, 6.07) is 0.358. The molecule has 0 aliphatic carbocycles. The van der Waals surface area contributed by atoms with E-state index in [-0.39, 0.29) is 18.5 Å². The minimum absolute atomic E-state index is 0.0516. The second-order valence-electron chi connectivity index (χ2n) is 6.33. The van der Waals surface area contributed by atoms with Gasteiger partial charge in [0.25, 0.3) is 0 Å². The van der Waals surface area contributed by atoms with Crippen molar-refractivity contribution in [2.24, 2.45) is 0 Å². The van der Waals surface area contributed by atoms with Crippen LogP contribution in [0.5, 0.6) is 0 Å². The monoisotopic (exact) mass is 353 g/mol. The Morgan fingerprint density at radius 3 is 2.44 bits per heavy atom. The van der Waals surface area contributed by atoms with E-state index in [9.17, 15) is 9.59 Å². The van der Waals surface area contributed by atoms with E-state index >= 15 is 0 Å². The van der Waals surface area contributed by atoms with Crippen molar-refractivity contribution in [1.29, 1.82) is 0 Å². The van der Waals surface area contributed by atoms with Crippen LogP contribution in [0.3, 0.4) is 0 Å². The van der Waals surface area contributed by atoms with Gasteiger partial charge in [0.2, 0.25) is 5.91 Å². The van der Waals surface area contributed by atoms with Crippen LogP contribution in [0.1, 0.15) is 26.6 Å². The molecule has 0 atom stereocenters. The summed E-state index contributed by atoms with van der Waals surface area (Å²) in [4.78, 5) is 29.6. The second-order valence-corrected chi connectivity index (χ2v) is 6.33. The summed E-state index contributed by atoms with van der Waals surface area (Å²) in [6.07, 6.45) is -0.325. The molecule has 0 aromatic carbocycles. The largest absolute Gasteiger partial charge is 0.450 e. The molecule has 1 fully saturated rings. The number of aromatic nitrogens is 4. The van der Waals surface area contributed by atoms with Crippen LogP contribution in [0.25, 0.3) is 0 Å². The molecule has 0 unspecified atom stereocenters. The van der Waals surface area contributed by atoms with Gasteiger partial charge in [0.15, 0.2) is 5.82 Å². The third-order valence-corrected chi connectivity index (χ3v) is 4.32. The summed E-state index contributed by atoms with van der Waals surface area (Å²) >= 11 is 0. The molecule has 10 heteroatoms. The number of piperazine rings is 1. The molecule has 1 saturated heterocycles. The zero-order chi connectivity index (χ0) is 18.4. The van der Waals surface area contributed by atoms with Crippen molar-refractivity contribution < 1.29 is 14.3 Å². The molecule has 2 amide bonds. The standard InChI is InChI=1S/C15H27N7O3/c1-5-25-15(24)21-8-6-20(7-9-21)14(23)11-22-13(16-17-18-22)10-19(4)12(2)3/h12H,5-11H2,1-4H3. The van der Waals surface area contributed by atoms with Crippen molar-refractivity contribution in [3.8, 4) is 0 Å². The first-order chi connectivity index (χ1) is 11.9. The zero-order valence-corrected chi connectivity index (χ0v) is 15.4. The van der Waals surface area contributed by atoms with Crippen LogP contribution >= 0.6 is 0 Å². The molecule has 0 spiro atoms. The number of rotatable bonds is 6. The van der Waals surface area contributed by atoms with Crippen molar-refractivity contribution in [3.63, 3.8) is 0 Å². The minimum Gasteiger partial charge on any atom is -0.450 e. The predicted octanol–water partition coefficient (Wildman–Crippen LogP) is -0.186. The van der Waals surface area contributed by atoms with Crippen LogP contribution < -0.4 is 0 Å². The lowest BCUT2D eigenvalue weighted by atomic mass is 10.3. The highest BCUT2D eigenvalue weighted by Crippen LogP contribution is 2.07. The number of carbonyl (C=O) groups is 2. The Kier molecular flexibility index (Phi) is 6.68. The Hall–Kier alpha value is -2.23. The summed E-state index contributed by atoms with van der Waals surface area (Å²) in [5.41, 5.74) is 0. The normalized spacial score (nSPS) is 15.1. The number of ether oxygens (including phenoxy) is 1. The summed E-state index contributed by atoms with van der Waals surface area (Å²) in [5.74, 6) is 0.610. The Bertz CT molecular complexity index is 581. The Morgan fingerprint density at radius 2 is 1.84 bits per heavy atom. The topological polar surface area (TPSA) is 96.7 Å². The highest BCUT2D eigenvalue weighted by atomic mass is 16.6. The van der Waals surface area contributed by atoms with Gasteiger partial charge >= 0.3 is 6.09 Å².